The molecular weight excluding hydrogens is 503 g/mol. The summed E-state index contributed by atoms with van der Waals surface area (Å²) in [5, 5.41) is 11.9. The lowest BCUT2D eigenvalue weighted by Crippen LogP contribution is -2.30. The number of carboxylic acid groups (broad SMARTS) is 1. The second-order valence-corrected chi connectivity index (χ2v) is 8.47. The van der Waals surface area contributed by atoms with Crippen LogP contribution in [0.3, 0.4) is 0 Å². The number of nitrogens with one attached hydrogen (secondary N) is 1. The predicted octanol–water partition coefficient (Wildman–Crippen LogP) is 5.25. The van der Waals surface area contributed by atoms with Gasteiger partial charge >= 0.3 is 12.0 Å². The Balaban J connectivity index is 1.54. The highest BCUT2D eigenvalue weighted by atomic mass is 35.5. The number of aromatic carboxylic acids is 1. The normalized spacial score (nSPS) is 14.1. The van der Waals surface area contributed by atoms with E-state index in [-0.39, 0.29) is 35.2 Å². The zero-order chi connectivity index (χ0) is 26.5. The van der Waals surface area contributed by atoms with Crippen molar-refractivity contribution < 1.29 is 33.4 Å². The van der Waals surface area contributed by atoms with Crippen molar-refractivity contribution in [2.45, 2.75) is 20.1 Å². The molecule has 3 aromatic rings. The van der Waals surface area contributed by atoms with E-state index in [4.69, 9.17) is 21.1 Å². The zero-order valence-corrected chi connectivity index (χ0v) is 20.4. The second-order valence-electron chi connectivity index (χ2n) is 8.06. The highest BCUT2D eigenvalue weighted by Gasteiger charge is 2.33. The van der Waals surface area contributed by atoms with E-state index in [1.54, 1.807) is 31.2 Å². The molecule has 37 heavy (non-hydrogen) atoms. The van der Waals surface area contributed by atoms with Crippen molar-refractivity contribution in [3.05, 3.63) is 99.5 Å². The standard InChI is InChI=1S/C27H22ClFN2O6/c1-2-36-23-13-18(11-21(28)24(23)37-15-17-4-3-5-19(10-17)26(33)34)12-22-25(32)31(27(35)30-22)14-16-6-8-20(29)9-7-16/h3-13H,2,14-15H2,1H3,(H,30,35)(H,33,34)/b22-12+. The number of ether oxygens (including phenoxy) is 2. The summed E-state index contributed by atoms with van der Waals surface area (Å²) < 4.78 is 24.7. The first kappa shape index (κ1) is 25.7. The van der Waals surface area contributed by atoms with Crippen LogP contribution in [0.2, 0.25) is 5.02 Å². The van der Waals surface area contributed by atoms with Crippen molar-refractivity contribution in [3.63, 3.8) is 0 Å². The van der Waals surface area contributed by atoms with Gasteiger partial charge in [0.2, 0.25) is 0 Å². The van der Waals surface area contributed by atoms with E-state index < -0.39 is 23.7 Å². The zero-order valence-electron chi connectivity index (χ0n) is 19.7. The Hall–Kier alpha value is -4.37. The summed E-state index contributed by atoms with van der Waals surface area (Å²) in [6, 6.07) is 14.4. The molecule has 190 valence electrons. The fourth-order valence-corrected chi connectivity index (χ4v) is 3.95. The average Bonchev–Trinajstić information content (AvgIpc) is 3.12. The van der Waals surface area contributed by atoms with Gasteiger partial charge in [-0.1, -0.05) is 35.9 Å². The van der Waals surface area contributed by atoms with Crippen molar-refractivity contribution >= 4 is 35.6 Å². The molecule has 0 atom stereocenters. The van der Waals surface area contributed by atoms with Crippen LogP contribution in [0.1, 0.15) is 34.0 Å². The number of nitrogens with zero attached hydrogens (tertiary/aromatic N) is 1. The lowest BCUT2D eigenvalue weighted by molar-refractivity contribution is -0.123. The minimum absolute atomic E-state index is 0.0108. The maximum atomic E-state index is 13.2. The Bertz CT molecular complexity index is 1390. The van der Waals surface area contributed by atoms with E-state index in [0.29, 0.717) is 29.0 Å². The third kappa shape index (κ3) is 6.07. The molecule has 0 saturated carbocycles. The number of rotatable bonds is 9. The number of benzene rings is 3. The van der Waals surface area contributed by atoms with Gasteiger partial charge in [0.25, 0.3) is 5.91 Å². The molecule has 4 rings (SSSR count). The molecule has 1 aliphatic heterocycles. The molecule has 8 nitrogen and oxygen atoms in total. The van der Waals surface area contributed by atoms with Gasteiger partial charge in [-0.15, -0.1) is 0 Å². The van der Waals surface area contributed by atoms with E-state index >= 15 is 0 Å². The molecule has 1 heterocycles. The molecule has 10 heteroatoms. The Labute approximate surface area is 216 Å². The molecule has 3 amide bonds. The number of carbonyl (C=O) groups excluding carboxylic acids is 2. The van der Waals surface area contributed by atoms with Crippen LogP contribution < -0.4 is 14.8 Å². The van der Waals surface area contributed by atoms with Crippen molar-refractivity contribution in [2.24, 2.45) is 0 Å². The molecule has 1 aliphatic rings. The molecule has 0 bridgehead atoms. The first-order chi connectivity index (χ1) is 17.7. The van der Waals surface area contributed by atoms with E-state index in [1.807, 2.05) is 0 Å². The quantitative estimate of drug-likeness (QED) is 0.293. The number of urea groups is 1. The van der Waals surface area contributed by atoms with Crippen molar-refractivity contribution in [1.82, 2.24) is 10.2 Å². The fraction of sp³-hybridized carbons (Fsp3) is 0.148. The van der Waals surface area contributed by atoms with Crippen LogP contribution in [0.4, 0.5) is 9.18 Å². The molecule has 0 aliphatic carbocycles. The fourth-order valence-electron chi connectivity index (χ4n) is 3.68. The SMILES string of the molecule is CCOc1cc(/C=C2/NC(=O)N(Cc3ccc(F)cc3)C2=O)cc(Cl)c1OCc1cccc(C(=O)O)c1. The molecule has 0 unspecified atom stereocenters. The van der Waals surface area contributed by atoms with E-state index in [9.17, 15) is 23.9 Å². The number of halogens is 2. The molecular formula is C27H22ClFN2O6. The smallest absolute Gasteiger partial charge is 0.335 e. The number of carboxylic acids is 1. The predicted molar refractivity (Wildman–Crippen MR) is 134 cm³/mol. The highest BCUT2D eigenvalue weighted by molar-refractivity contribution is 6.32. The summed E-state index contributed by atoms with van der Waals surface area (Å²) in [7, 11) is 0. The Morgan fingerprint density at radius 1 is 1.08 bits per heavy atom. The number of hydrogen-bond donors (Lipinski definition) is 2. The lowest BCUT2D eigenvalue weighted by Gasteiger charge is -2.15. The molecule has 2 N–H and O–H groups in total. The van der Waals surface area contributed by atoms with Crippen LogP contribution >= 0.6 is 11.6 Å². The van der Waals surface area contributed by atoms with Crippen molar-refractivity contribution in [3.8, 4) is 11.5 Å². The molecule has 0 aromatic heterocycles. The monoisotopic (exact) mass is 524 g/mol. The van der Waals surface area contributed by atoms with Gasteiger partial charge < -0.3 is 19.9 Å². The first-order valence-corrected chi connectivity index (χ1v) is 11.6. The summed E-state index contributed by atoms with van der Waals surface area (Å²) in [4.78, 5) is 37.5. The molecule has 1 saturated heterocycles. The lowest BCUT2D eigenvalue weighted by atomic mass is 10.1. The third-order valence-electron chi connectivity index (χ3n) is 5.42. The number of amides is 3. The van der Waals surface area contributed by atoms with Gasteiger partial charge in [0.05, 0.1) is 23.7 Å². The van der Waals surface area contributed by atoms with Crippen LogP contribution in [-0.2, 0) is 17.9 Å². The summed E-state index contributed by atoms with van der Waals surface area (Å²) in [6.07, 6.45) is 1.47. The summed E-state index contributed by atoms with van der Waals surface area (Å²) in [5.74, 6) is -1.42. The molecule has 1 fully saturated rings. The van der Waals surface area contributed by atoms with Gasteiger partial charge in [0.15, 0.2) is 11.5 Å². The van der Waals surface area contributed by atoms with Gasteiger partial charge in [-0.3, -0.25) is 9.69 Å². The largest absolute Gasteiger partial charge is 0.490 e. The van der Waals surface area contributed by atoms with Gasteiger partial charge in [-0.25, -0.2) is 14.0 Å². The van der Waals surface area contributed by atoms with Gasteiger partial charge in [0.1, 0.15) is 18.1 Å². The highest BCUT2D eigenvalue weighted by Crippen LogP contribution is 2.38. The summed E-state index contributed by atoms with van der Waals surface area (Å²) >= 11 is 6.48. The molecule has 3 aromatic carbocycles. The van der Waals surface area contributed by atoms with E-state index in [0.717, 1.165) is 4.90 Å². The Morgan fingerprint density at radius 2 is 1.84 bits per heavy atom. The third-order valence-corrected chi connectivity index (χ3v) is 5.70. The topological polar surface area (TPSA) is 105 Å². The van der Waals surface area contributed by atoms with Crippen LogP contribution in [0, 0.1) is 5.82 Å². The van der Waals surface area contributed by atoms with Crippen LogP contribution in [0.15, 0.2) is 66.4 Å². The maximum Gasteiger partial charge on any atom is 0.335 e. The van der Waals surface area contributed by atoms with E-state index in [1.165, 1.54) is 42.5 Å². The Morgan fingerprint density at radius 3 is 2.54 bits per heavy atom. The van der Waals surface area contributed by atoms with Gasteiger partial charge in [-0.2, -0.15) is 0 Å². The molecule has 0 spiro atoms. The maximum absolute atomic E-state index is 13.2. The summed E-state index contributed by atoms with van der Waals surface area (Å²) in [6.45, 7) is 2.13. The molecule has 0 radical (unpaired) electrons. The average molecular weight is 525 g/mol. The van der Waals surface area contributed by atoms with Gasteiger partial charge in [0, 0.05) is 0 Å². The van der Waals surface area contributed by atoms with Crippen LogP contribution in [0.5, 0.6) is 11.5 Å². The van der Waals surface area contributed by atoms with Crippen LogP contribution in [0.25, 0.3) is 6.08 Å². The number of carbonyl (C=O) groups is 3. The second kappa shape index (κ2) is 11.1. The Kier molecular flexibility index (Phi) is 7.74. The van der Waals surface area contributed by atoms with Crippen molar-refractivity contribution in [1.29, 1.82) is 0 Å². The van der Waals surface area contributed by atoms with Crippen molar-refractivity contribution in [2.75, 3.05) is 6.61 Å². The van der Waals surface area contributed by atoms with E-state index in [2.05, 4.69) is 5.32 Å². The minimum atomic E-state index is -1.04. The minimum Gasteiger partial charge on any atom is -0.490 e. The summed E-state index contributed by atoms with van der Waals surface area (Å²) in [5.41, 5.74) is 1.90. The van der Waals surface area contributed by atoms with Gasteiger partial charge in [-0.05, 0) is 66.1 Å². The van der Waals surface area contributed by atoms with Crippen LogP contribution in [-0.4, -0.2) is 34.5 Å². The number of hydrogen-bond acceptors (Lipinski definition) is 5. The first-order valence-electron chi connectivity index (χ1n) is 11.3. The number of imide groups is 1.